The number of rotatable bonds is 4. The Morgan fingerprint density at radius 1 is 1.25 bits per heavy atom. The Hall–Kier alpha value is -1.16. The summed E-state index contributed by atoms with van der Waals surface area (Å²) in [5, 5.41) is 2.99. The molecule has 0 amide bonds. The van der Waals surface area contributed by atoms with Crippen molar-refractivity contribution in [1.82, 2.24) is 0 Å². The number of hydrogen-bond donors (Lipinski definition) is 1. The van der Waals surface area contributed by atoms with E-state index in [9.17, 15) is 8.78 Å². The van der Waals surface area contributed by atoms with Crippen molar-refractivity contribution in [3.8, 4) is 0 Å². The van der Waals surface area contributed by atoms with E-state index in [4.69, 9.17) is 4.74 Å². The second-order valence-electron chi connectivity index (χ2n) is 4.01. The molecule has 88 valence electrons. The van der Waals surface area contributed by atoms with E-state index in [0.717, 1.165) is 31.9 Å². The molecule has 1 N–H and O–H groups in total. The van der Waals surface area contributed by atoms with Crippen LogP contribution in [0.1, 0.15) is 19.3 Å². The van der Waals surface area contributed by atoms with Crippen molar-refractivity contribution in [3.05, 3.63) is 29.8 Å². The van der Waals surface area contributed by atoms with Crippen molar-refractivity contribution in [3.63, 3.8) is 0 Å². The van der Waals surface area contributed by atoms with E-state index in [2.05, 4.69) is 5.32 Å². The van der Waals surface area contributed by atoms with Gasteiger partial charge in [0.1, 0.15) is 11.6 Å². The fourth-order valence-electron chi connectivity index (χ4n) is 1.91. The summed E-state index contributed by atoms with van der Waals surface area (Å²) in [4.78, 5) is 0. The first-order valence-electron chi connectivity index (χ1n) is 5.55. The maximum absolute atomic E-state index is 12.9. The molecular formula is C12H15F2NO. The SMILES string of the molecule is Fc1cc(F)cc(NCCC2CCCO2)c1. The van der Waals surface area contributed by atoms with E-state index in [1.165, 1.54) is 12.1 Å². The van der Waals surface area contributed by atoms with Crippen LogP contribution in [0.4, 0.5) is 14.5 Å². The van der Waals surface area contributed by atoms with Gasteiger partial charge in [0.25, 0.3) is 0 Å². The molecule has 1 fully saturated rings. The molecule has 0 spiro atoms. The van der Waals surface area contributed by atoms with Crippen LogP contribution in [0.25, 0.3) is 0 Å². The highest BCUT2D eigenvalue weighted by atomic mass is 19.1. The third kappa shape index (κ3) is 3.17. The monoisotopic (exact) mass is 227 g/mol. The third-order valence-corrected chi connectivity index (χ3v) is 2.68. The molecule has 1 atom stereocenters. The minimum atomic E-state index is -0.556. The highest BCUT2D eigenvalue weighted by molar-refractivity contribution is 5.43. The number of nitrogens with one attached hydrogen (secondary N) is 1. The minimum absolute atomic E-state index is 0.297. The average molecular weight is 227 g/mol. The van der Waals surface area contributed by atoms with Crippen molar-refractivity contribution in [2.45, 2.75) is 25.4 Å². The first-order valence-corrected chi connectivity index (χ1v) is 5.55. The summed E-state index contributed by atoms with van der Waals surface area (Å²) < 4.78 is 31.2. The van der Waals surface area contributed by atoms with Gasteiger partial charge in [-0.15, -0.1) is 0 Å². The smallest absolute Gasteiger partial charge is 0.128 e. The van der Waals surface area contributed by atoms with Gasteiger partial charge in [0.05, 0.1) is 6.10 Å². The van der Waals surface area contributed by atoms with Gasteiger partial charge in [-0.2, -0.15) is 0 Å². The molecule has 1 aromatic rings. The molecule has 0 aliphatic carbocycles. The molecule has 0 aromatic heterocycles. The first-order chi connectivity index (χ1) is 7.74. The van der Waals surface area contributed by atoms with Gasteiger partial charge in [-0.05, 0) is 31.4 Å². The molecule has 1 saturated heterocycles. The molecule has 16 heavy (non-hydrogen) atoms. The van der Waals surface area contributed by atoms with Crippen LogP contribution in [0.2, 0.25) is 0 Å². The van der Waals surface area contributed by atoms with Crippen LogP contribution in [-0.4, -0.2) is 19.3 Å². The Morgan fingerprint density at radius 3 is 2.62 bits per heavy atom. The van der Waals surface area contributed by atoms with Gasteiger partial charge in [-0.3, -0.25) is 0 Å². The zero-order valence-electron chi connectivity index (χ0n) is 9.01. The maximum Gasteiger partial charge on any atom is 0.128 e. The number of benzene rings is 1. The molecule has 0 saturated carbocycles. The van der Waals surface area contributed by atoms with Crippen molar-refractivity contribution in [2.75, 3.05) is 18.5 Å². The summed E-state index contributed by atoms with van der Waals surface area (Å²) in [5.74, 6) is -1.11. The van der Waals surface area contributed by atoms with Crippen molar-refractivity contribution >= 4 is 5.69 Å². The fourth-order valence-corrected chi connectivity index (χ4v) is 1.91. The van der Waals surface area contributed by atoms with Crippen molar-refractivity contribution < 1.29 is 13.5 Å². The Balaban J connectivity index is 1.80. The van der Waals surface area contributed by atoms with E-state index in [1.807, 2.05) is 0 Å². The van der Waals surface area contributed by atoms with E-state index < -0.39 is 11.6 Å². The molecule has 0 bridgehead atoms. The predicted molar refractivity (Wildman–Crippen MR) is 58.4 cm³/mol. The summed E-state index contributed by atoms with van der Waals surface area (Å²) in [6.07, 6.45) is 3.36. The summed E-state index contributed by atoms with van der Waals surface area (Å²) in [6, 6.07) is 3.45. The topological polar surface area (TPSA) is 21.3 Å². The standard InChI is InChI=1S/C12H15F2NO/c13-9-6-10(14)8-11(7-9)15-4-3-12-2-1-5-16-12/h6-8,12,15H,1-5H2. The number of anilines is 1. The third-order valence-electron chi connectivity index (χ3n) is 2.68. The Kier molecular flexibility index (Phi) is 3.72. The summed E-state index contributed by atoms with van der Waals surface area (Å²) in [5.41, 5.74) is 0.482. The quantitative estimate of drug-likeness (QED) is 0.853. The number of ether oxygens (including phenoxy) is 1. The van der Waals surface area contributed by atoms with Crippen LogP contribution in [0.5, 0.6) is 0 Å². The lowest BCUT2D eigenvalue weighted by Crippen LogP contribution is -2.12. The second kappa shape index (κ2) is 5.25. The van der Waals surface area contributed by atoms with E-state index in [-0.39, 0.29) is 0 Å². The lowest BCUT2D eigenvalue weighted by atomic mass is 10.2. The van der Waals surface area contributed by atoms with Crippen LogP contribution >= 0.6 is 0 Å². The fraction of sp³-hybridized carbons (Fsp3) is 0.500. The summed E-state index contributed by atoms with van der Waals surface area (Å²) >= 11 is 0. The van der Waals surface area contributed by atoms with Gasteiger partial charge in [-0.1, -0.05) is 0 Å². The highest BCUT2D eigenvalue weighted by Gasteiger charge is 2.14. The second-order valence-corrected chi connectivity index (χ2v) is 4.01. The van der Waals surface area contributed by atoms with Gasteiger partial charge >= 0.3 is 0 Å². The van der Waals surface area contributed by atoms with Crippen LogP contribution in [0.3, 0.4) is 0 Å². The molecule has 2 nitrogen and oxygen atoms in total. The molecule has 0 radical (unpaired) electrons. The van der Waals surface area contributed by atoms with E-state index in [1.54, 1.807) is 0 Å². The summed E-state index contributed by atoms with van der Waals surface area (Å²) in [7, 11) is 0. The maximum atomic E-state index is 12.9. The lowest BCUT2D eigenvalue weighted by Gasteiger charge is -2.11. The summed E-state index contributed by atoms with van der Waals surface area (Å²) in [6.45, 7) is 1.51. The van der Waals surface area contributed by atoms with Crippen LogP contribution in [0, 0.1) is 11.6 Å². The highest BCUT2D eigenvalue weighted by Crippen LogP contribution is 2.16. The average Bonchev–Trinajstić information content (AvgIpc) is 2.69. The Labute approximate surface area is 93.6 Å². The molecule has 2 rings (SSSR count). The largest absolute Gasteiger partial charge is 0.385 e. The van der Waals surface area contributed by atoms with Gasteiger partial charge in [0, 0.05) is 24.9 Å². The van der Waals surface area contributed by atoms with Crippen molar-refractivity contribution in [2.24, 2.45) is 0 Å². The normalized spacial score (nSPS) is 20.0. The Morgan fingerprint density at radius 2 is 2.00 bits per heavy atom. The molecule has 1 aliphatic heterocycles. The molecule has 1 heterocycles. The lowest BCUT2D eigenvalue weighted by molar-refractivity contribution is 0.107. The molecule has 1 aliphatic rings. The molecule has 4 heteroatoms. The van der Waals surface area contributed by atoms with Crippen LogP contribution in [0.15, 0.2) is 18.2 Å². The Bertz CT molecular complexity index is 331. The predicted octanol–water partition coefficient (Wildman–Crippen LogP) is 2.95. The van der Waals surface area contributed by atoms with Gasteiger partial charge in [0.2, 0.25) is 0 Å². The zero-order valence-corrected chi connectivity index (χ0v) is 9.01. The van der Waals surface area contributed by atoms with Gasteiger partial charge in [-0.25, -0.2) is 8.78 Å². The zero-order chi connectivity index (χ0) is 11.4. The first kappa shape index (κ1) is 11.3. The molecule has 1 unspecified atom stereocenters. The minimum Gasteiger partial charge on any atom is -0.385 e. The van der Waals surface area contributed by atoms with Gasteiger partial charge in [0.15, 0.2) is 0 Å². The molecule has 1 aromatic carbocycles. The van der Waals surface area contributed by atoms with Crippen molar-refractivity contribution in [1.29, 1.82) is 0 Å². The van der Waals surface area contributed by atoms with Crippen LogP contribution in [-0.2, 0) is 4.74 Å². The van der Waals surface area contributed by atoms with E-state index in [0.29, 0.717) is 18.3 Å². The molecular weight excluding hydrogens is 212 g/mol. The number of hydrogen-bond acceptors (Lipinski definition) is 2. The van der Waals surface area contributed by atoms with Gasteiger partial charge < -0.3 is 10.1 Å². The number of halogens is 2. The van der Waals surface area contributed by atoms with E-state index >= 15 is 0 Å². The van der Waals surface area contributed by atoms with Crippen LogP contribution < -0.4 is 5.32 Å².